The third-order valence-corrected chi connectivity index (χ3v) is 3.97. The average molecular weight is 300 g/mol. The van der Waals surface area contributed by atoms with Crippen molar-refractivity contribution in [2.24, 2.45) is 0 Å². The first kappa shape index (κ1) is 14.1. The molecule has 0 aliphatic heterocycles. The number of benzene rings is 1. The molecule has 2 aromatic heterocycles. The van der Waals surface area contributed by atoms with E-state index in [0.717, 1.165) is 28.4 Å². The lowest BCUT2D eigenvalue weighted by Gasteiger charge is -2.12. The summed E-state index contributed by atoms with van der Waals surface area (Å²) in [7, 11) is 0. The average Bonchev–Trinajstić information content (AvgIpc) is 2.80. The van der Waals surface area contributed by atoms with Crippen molar-refractivity contribution in [3.8, 4) is 5.69 Å². The van der Waals surface area contributed by atoms with Gasteiger partial charge in [0.15, 0.2) is 5.65 Å². The van der Waals surface area contributed by atoms with E-state index in [-0.39, 0.29) is 5.38 Å². The van der Waals surface area contributed by atoms with Gasteiger partial charge in [-0.05, 0) is 63.1 Å². The van der Waals surface area contributed by atoms with Gasteiger partial charge in [0.1, 0.15) is 11.3 Å². The molecule has 0 bridgehead atoms. The summed E-state index contributed by atoms with van der Waals surface area (Å²) in [4.78, 5) is 9.30. The van der Waals surface area contributed by atoms with Crippen LogP contribution in [0, 0.1) is 20.8 Å². The van der Waals surface area contributed by atoms with Crippen LogP contribution in [0.25, 0.3) is 16.9 Å². The Bertz CT molecular complexity index is 818. The fraction of sp³-hybridized carbons (Fsp3) is 0.294. The standard InChI is InChI=1S/C17H18ClN3/c1-10-5-7-14(9-11(10)2)21-16(13(4)18)20-15-8-6-12(3)19-17(15)21/h5-9,13H,1-4H3. The minimum Gasteiger partial charge on any atom is -0.279 e. The smallest absolute Gasteiger partial charge is 0.164 e. The first-order valence-corrected chi connectivity index (χ1v) is 7.48. The maximum atomic E-state index is 6.33. The Kier molecular flexibility index (Phi) is 3.46. The van der Waals surface area contributed by atoms with Crippen molar-refractivity contribution < 1.29 is 0 Å². The molecule has 0 N–H and O–H groups in total. The van der Waals surface area contributed by atoms with Gasteiger partial charge in [0.2, 0.25) is 0 Å². The molecule has 108 valence electrons. The Morgan fingerprint density at radius 3 is 2.43 bits per heavy atom. The number of imidazole rings is 1. The van der Waals surface area contributed by atoms with Gasteiger partial charge in [0.05, 0.1) is 5.38 Å². The van der Waals surface area contributed by atoms with Crippen LogP contribution in [0.4, 0.5) is 0 Å². The fourth-order valence-corrected chi connectivity index (χ4v) is 2.60. The van der Waals surface area contributed by atoms with Gasteiger partial charge in [-0.2, -0.15) is 0 Å². The van der Waals surface area contributed by atoms with Crippen molar-refractivity contribution in [3.63, 3.8) is 0 Å². The molecule has 3 aromatic rings. The second-order valence-electron chi connectivity index (χ2n) is 5.49. The van der Waals surface area contributed by atoms with Gasteiger partial charge in [-0.15, -0.1) is 11.6 Å². The largest absolute Gasteiger partial charge is 0.279 e. The van der Waals surface area contributed by atoms with Crippen LogP contribution < -0.4 is 0 Å². The van der Waals surface area contributed by atoms with E-state index in [1.807, 2.05) is 26.0 Å². The number of aromatic nitrogens is 3. The number of hydrogen-bond acceptors (Lipinski definition) is 2. The Morgan fingerprint density at radius 1 is 1.00 bits per heavy atom. The van der Waals surface area contributed by atoms with Gasteiger partial charge in [-0.1, -0.05) is 6.07 Å². The minimum absolute atomic E-state index is 0.180. The van der Waals surface area contributed by atoms with Crippen LogP contribution in [-0.2, 0) is 0 Å². The number of halogens is 1. The molecule has 0 amide bonds. The molecule has 0 fully saturated rings. The lowest BCUT2D eigenvalue weighted by molar-refractivity contribution is 0.875. The number of pyridine rings is 1. The molecule has 1 atom stereocenters. The maximum Gasteiger partial charge on any atom is 0.164 e. The number of fused-ring (bicyclic) bond motifs is 1. The highest BCUT2D eigenvalue weighted by molar-refractivity contribution is 6.20. The van der Waals surface area contributed by atoms with E-state index in [0.29, 0.717) is 0 Å². The second kappa shape index (κ2) is 5.15. The van der Waals surface area contributed by atoms with Crippen molar-refractivity contribution in [3.05, 3.63) is 53.0 Å². The van der Waals surface area contributed by atoms with E-state index < -0.39 is 0 Å². The maximum absolute atomic E-state index is 6.33. The highest BCUT2D eigenvalue weighted by Gasteiger charge is 2.17. The van der Waals surface area contributed by atoms with E-state index >= 15 is 0 Å². The first-order chi connectivity index (χ1) is 9.97. The molecule has 0 aliphatic carbocycles. The highest BCUT2D eigenvalue weighted by Crippen LogP contribution is 2.28. The molecule has 2 heterocycles. The van der Waals surface area contributed by atoms with Gasteiger partial charge in [-0.3, -0.25) is 4.57 Å². The van der Waals surface area contributed by atoms with Crippen LogP contribution in [0.5, 0.6) is 0 Å². The van der Waals surface area contributed by atoms with Crippen molar-refractivity contribution in [1.29, 1.82) is 0 Å². The van der Waals surface area contributed by atoms with Crippen molar-refractivity contribution in [2.75, 3.05) is 0 Å². The Labute approximate surface area is 129 Å². The summed E-state index contributed by atoms with van der Waals surface area (Å²) in [6.07, 6.45) is 0. The summed E-state index contributed by atoms with van der Waals surface area (Å²) < 4.78 is 2.06. The molecular formula is C17H18ClN3. The molecule has 0 spiro atoms. The molecule has 0 saturated carbocycles. The van der Waals surface area contributed by atoms with Gasteiger partial charge in [0.25, 0.3) is 0 Å². The lowest BCUT2D eigenvalue weighted by Crippen LogP contribution is -2.03. The normalized spacial score (nSPS) is 12.8. The molecule has 1 unspecified atom stereocenters. The van der Waals surface area contributed by atoms with Crippen LogP contribution in [-0.4, -0.2) is 14.5 Å². The Hall–Kier alpha value is -1.87. The highest BCUT2D eigenvalue weighted by atomic mass is 35.5. The molecule has 4 heteroatoms. The van der Waals surface area contributed by atoms with E-state index in [1.54, 1.807) is 0 Å². The fourth-order valence-electron chi connectivity index (χ4n) is 2.46. The number of rotatable bonds is 2. The lowest BCUT2D eigenvalue weighted by atomic mass is 10.1. The van der Waals surface area contributed by atoms with Gasteiger partial charge in [0, 0.05) is 11.4 Å². The van der Waals surface area contributed by atoms with E-state index in [9.17, 15) is 0 Å². The quantitative estimate of drug-likeness (QED) is 0.645. The van der Waals surface area contributed by atoms with Crippen LogP contribution in [0.2, 0.25) is 0 Å². The van der Waals surface area contributed by atoms with Crippen LogP contribution in [0.3, 0.4) is 0 Å². The summed E-state index contributed by atoms with van der Waals surface area (Å²) in [5, 5.41) is -0.180. The predicted octanol–water partition coefficient (Wildman–Crippen LogP) is 4.65. The number of aryl methyl sites for hydroxylation is 3. The Balaban J connectivity index is 2.35. The molecular weight excluding hydrogens is 282 g/mol. The van der Waals surface area contributed by atoms with Gasteiger partial charge in [-0.25, -0.2) is 9.97 Å². The molecule has 0 radical (unpaired) electrons. The summed E-state index contributed by atoms with van der Waals surface area (Å²) >= 11 is 6.33. The van der Waals surface area contributed by atoms with Crippen molar-refractivity contribution in [1.82, 2.24) is 14.5 Å². The van der Waals surface area contributed by atoms with Crippen LogP contribution in [0.15, 0.2) is 30.3 Å². The van der Waals surface area contributed by atoms with Gasteiger partial charge < -0.3 is 0 Å². The summed E-state index contributed by atoms with van der Waals surface area (Å²) in [6.45, 7) is 8.15. The summed E-state index contributed by atoms with van der Waals surface area (Å²) in [5.41, 5.74) is 6.28. The predicted molar refractivity (Wildman–Crippen MR) is 87.3 cm³/mol. The number of nitrogens with zero attached hydrogens (tertiary/aromatic N) is 3. The third kappa shape index (κ3) is 2.42. The molecule has 1 aromatic carbocycles. The summed E-state index contributed by atoms with van der Waals surface area (Å²) in [6, 6.07) is 10.3. The molecule has 3 rings (SSSR count). The number of hydrogen-bond donors (Lipinski definition) is 0. The Morgan fingerprint density at radius 2 is 1.76 bits per heavy atom. The third-order valence-electron chi connectivity index (χ3n) is 3.77. The zero-order valence-corrected chi connectivity index (χ0v) is 13.4. The van der Waals surface area contributed by atoms with Gasteiger partial charge >= 0.3 is 0 Å². The molecule has 0 aliphatic rings. The van der Waals surface area contributed by atoms with E-state index in [1.165, 1.54) is 11.1 Å². The second-order valence-corrected chi connectivity index (χ2v) is 6.14. The zero-order valence-electron chi connectivity index (χ0n) is 12.7. The zero-order chi connectivity index (χ0) is 15.1. The van der Waals surface area contributed by atoms with Crippen molar-refractivity contribution in [2.45, 2.75) is 33.1 Å². The van der Waals surface area contributed by atoms with E-state index in [4.69, 9.17) is 11.6 Å². The monoisotopic (exact) mass is 299 g/mol. The minimum atomic E-state index is -0.180. The van der Waals surface area contributed by atoms with Crippen LogP contribution in [0.1, 0.15) is 34.9 Å². The SMILES string of the molecule is Cc1ccc2nc(C(C)Cl)n(-c3ccc(C)c(C)c3)c2n1. The topological polar surface area (TPSA) is 30.7 Å². The molecule has 0 saturated heterocycles. The molecule has 21 heavy (non-hydrogen) atoms. The van der Waals surface area contributed by atoms with Crippen LogP contribution >= 0.6 is 11.6 Å². The first-order valence-electron chi connectivity index (χ1n) is 7.05. The summed E-state index contributed by atoms with van der Waals surface area (Å²) in [5.74, 6) is 0.827. The van der Waals surface area contributed by atoms with Crippen molar-refractivity contribution >= 4 is 22.8 Å². The number of alkyl halides is 1. The van der Waals surface area contributed by atoms with E-state index in [2.05, 4.69) is 46.6 Å². The molecule has 3 nitrogen and oxygen atoms in total.